The topological polar surface area (TPSA) is 67.8 Å². The fraction of sp³-hybridized carbons (Fsp3) is 0. The van der Waals surface area contributed by atoms with Crippen LogP contribution in [0.1, 0.15) is 11.1 Å². The SMILES string of the molecule is N#Cc1ccc(Sc2ccc(O)cc2)cc1C#N. The Morgan fingerprint density at radius 3 is 2.06 bits per heavy atom. The molecule has 0 fully saturated rings. The van der Waals surface area contributed by atoms with Crippen molar-refractivity contribution in [1.82, 2.24) is 0 Å². The van der Waals surface area contributed by atoms with Crippen molar-refractivity contribution in [3.8, 4) is 17.9 Å². The molecule has 0 bridgehead atoms. The standard InChI is InChI=1S/C14H8N2OS/c15-8-10-1-4-14(7-11(10)9-16)18-13-5-2-12(17)3-6-13/h1-7,17H. The molecule has 0 atom stereocenters. The van der Waals surface area contributed by atoms with Crippen molar-refractivity contribution in [1.29, 1.82) is 10.5 Å². The summed E-state index contributed by atoms with van der Waals surface area (Å²) in [4.78, 5) is 1.85. The number of hydrogen-bond acceptors (Lipinski definition) is 4. The second-order valence-corrected chi connectivity index (χ2v) is 4.67. The van der Waals surface area contributed by atoms with Gasteiger partial charge in [-0.2, -0.15) is 10.5 Å². The number of benzene rings is 2. The van der Waals surface area contributed by atoms with Crippen molar-refractivity contribution in [2.24, 2.45) is 0 Å². The van der Waals surface area contributed by atoms with Gasteiger partial charge in [-0.05, 0) is 42.5 Å². The zero-order chi connectivity index (χ0) is 13.0. The number of nitrogens with zero attached hydrogens (tertiary/aromatic N) is 2. The van der Waals surface area contributed by atoms with Crippen LogP contribution >= 0.6 is 11.8 Å². The predicted molar refractivity (Wildman–Crippen MR) is 68.1 cm³/mol. The molecule has 0 aromatic heterocycles. The van der Waals surface area contributed by atoms with Crippen LogP contribution in [0.15, 0.2) is 52.3 Å². The number of phenols is 1. The molecular weight excluding hydrogens is 244 g/mol. The third kappa shape index (κ3) is 2.63. The molecule has 0 aliphatic rings. The summed E-state index contributed by atoms with van der Waals surface area (Å²) < 4.78 is 0. The fourth-order valence-corrected chi connectivity index (χ4v) is 2.28. The molecule has 18 heavy (non-hydrogen) atoms. The Morgan fingerprint density at radius 2 is 1.44 bits per heavy atom. The minimum atomic E-state index is 0.219. The van der Waals surface area contributed by atoms with Crippen LogP contribution in [0.5, 0.6) is 5.75 Å². The van der Waals surface area contributed by atoms with E-state index in [4.69, 9.17) is 10.5 Å². The maximum Gasteiger partial charge on any atom is 0.115 e. The van der Waals surface area contributed by atoms with Gasteiger partial charge in [0.1, 0.15) is 17.9 Å². The first-order valence-electron chi connectivity index (χ1n) is 5.14. The quantitative estimate of drug-likeness (QED) is 0.890. The number of nitriles is 2. The van der Waals surface area contributed by atoms with Crippen LogP contribution in [-0.2, 0) is 0 Å². The molecule has 0 spiro atoms. The first kappa shape index (κ1) is 12.0. The van der Waals surface area contributed by atoms with Gasteiger partial charge >= 0.3 is 0 Å². The van der Waals surface area contributed by atoms with Crippen molar-refractivity contribution >= 4 is 11.8 Å². The highest BCUT2D eigenvalue weighted by Gasteiger charge is 2.04. The molecule has 0 aliphatic carbocycles. The van der Waals surface area contributed by atoms with E-state index in [1.807, 2.05) is 12.1 Å². The van der Waals surface area contributed by atoms with E-state index in [1.165, 1.54) is 11.8 Å². The van der Waals surface area contributed by atoms with E-state index in [0.717, 1.165) is 9.79 Å². The van der Waals surface area contributed by atoms with Crippen molar-refractivity contribution in [2.75, 3.05) is 0 Å². The highest BCUT2D eigenvalue weighted by atomic mass is 32.2. The molecule has 2 aromatic rings. The third-order valence-electron chi connectivity index (χ3n) is 2.30. The van der Waals surface area contributed by atoms with E-state index in [1.54, 1.807) is 42.5 Å². The summed E-state index contributed by atoms with van der Waals surface area (Å²) in [5.74, 6) is 0.219. The maximum atomic E-state index is 9.18. The van der Waals surface area contributed by atoms with E-state index in [2.05, 4.69) is 0 Å². The second kappa shape index (κ2) is 5.27. The van der Waals surface area contributed by atoms with Crippen LogP contribution in [0.4, 0.5) is 0 Å². The van der Waals surface area contributed by atoms with Gasteiger partial charge < -0.3 is 5.11 Å². The molecular formula is C14H8N2OS. The molecule has 3 nitrogen and oxygen atoms in total. The Bertz CT molecular complexity index is 651. The van der Waals surface area contributed by atoms with Gasteiger partial charge in [-0.3, -0.25) is 0 Å². The summed E-state index contributed by atoms with van der Waals surface area (Å²) in [6.45, 7) is 0. The summed E-state index contributed by atoms with van der Waals surface area (Å²) >= 11 is 1.47. The van der Waals surface area contributed by atoms with Crippen LogP contribution in [0.25, 0.3) is 0 Å². The molecule has 0 saturated carbocycles. The van der Waals surface area contributed by atoms with Crippen LogP contribution in [0.2, 0.25) is 0 Å². The molecule has 0 saturated heterocycles. The maximum absolute atomic E-state index is 9.18. The molecule has 2 aromatic carbocycles. The average Bonchev–Trinajstić information content (AvgIpc) is 2.41. The van der Waals surface area contributed by atoms with Crippen LogP contribution in [0.3, 0.4) is 0 Å². The molecule has 0 amide bonds. The molecule has 0 heterocycles. The molecule has 86 valence electrons. The average molecular weight is 252 g/mol. The number of rotatable bonds is 2. The fourth-order valence-electron chi connectivity index (χ4n) is 1.43. The van der Waals surface area contributed by atoms with Crippen molar-refractivity contribution in [2.45, 2.75) is 9.79 Å². The summed E-state index contributed by atoms with van der Waals surface area (Å²) in [5, 5.41) is 26.9. The highest BCUT2D eigenvalue weighted by Crippen LogP contribution is 2.29. The molecule has 4 heteroatoms. The number of phenolic OH excluding ortho intramolecular Hbond substituents is 1. The van der Waals surface area contributed by atoms with Gasteiger partial charge in [0.15, 0.2) is 0 Å². The zero-order valence-electron chi connectivity index (χ0n) is 9.29. The van der Waals surface area contributed by atoms with E-state index in [9.17, 15) is 5.11 Å². The van der Waals surface area contributed by atoms with E-state index in [-0.39, 0.29) is 5.75 Å². The van der Waals surface area contributed by atoms with Crippen molar-refractivity contribution in [3.05, 3.63) is 53.6 Å². The van der Waals surface area contributed by atoms with Crippen LogP contribution < -0.4 is 0 Å². The monoisotopic (exact) mass is 252 g/mol. The Morgan fingerprint density at radius 1 is 0.833 bits per heavy atom. The Kier molecular flexibility index (Phi) is 3.52. The first-order chi connectivity index (χ1) is 8.72. The lowest BCUT2D eigenvalue weighted by atomic mass is 10.1. The summed E-state index contributed by atoms with van der Waals surface area (Å²) in [5.41, 5.74) is 0.758. The van der Waals surface area contributed by atoms with Crippen LogP contribution in [0, 0.1) is 22.7 Å². The van der Waals surface area contributed by atoms with Gasteiger partial charge in [-0.1, -0.05) is 11.8 Å². The Balaban J connectivity index is 2.28. The summed E-state index contributed by atoms with van der Waals surface area (Å²) in [6, 6.07) is 15.9. The van der Waals surface area contributed by atoms with Gasteiger partial charge in [-0.15, -0.1) is 0 Å². The third-order valence-corrected chi connectivity index (χ3v) is 3.30. The molecule has 0 radical (unpaired) electrons. The van der Waals surface area contributed by atoms with Gasteiger partial charge in [0.25, 0.3) is 0 Å². The lowest BCUT2D eigenvalue weighted by molar-refractivity contribution is 0.475. The van der Waals surface area contributed by atoms with Gasteiger partial charge in [0.05, 0.1) is 11.1 Å². The van der Waals surface area contributed by atoms with E-state index >= 15 is 0 Å². The molecule has 1 N–H and O–H groups in total. The molecule has 0 aliphatic heterocycles. The summed E-state index contributed by atoms with van der Waals surface area (Å²) in [7, 11) is 0. The minimum absolute atomic E-state index is 0.219. The molecule has 2 rings (SSSR count). The predicted octanol–water partition coefficient (Wildman–Crippen LogP) is 3.29. The Labute approximate surface area is 109 Å². The molecule has 0 unspecified atom stereocenters. The summed E-state index contributed by atoms with van der Waals surface area (Å²) in [6.07, 6.45) is 0. The van der Waals surface area contributed by atoms with Crippen molar-refractivity contribution < 1.29 is 5.11 Å². The van der Waals surface area contributed by atoms with Gasteiger partial charge in [0, 0.05) is 9.79 Å². The zero-order valence-corrected chi connectivity index (χ0v) is 10.1. The lowest BCUT2D eigenvalue weighted by Gasteiger charge is -2.03. The highest BCUT2D eigenvalue weighted by molar-refractivity contribution is 7.99. The smallest absolute Gasteiger partial charge is 0.115 e. The normalized spacial score (nSPS) is 9.44. The first-order valence-corrected chi connectivity index (χ1v) is 5.95. The van der Waals surface area contributed by atoms with E-state index < -0.39 is 0 Å². The lowest BCUT2D eigenvalue weighted by Crippen LogP contribution is -1.84. The Hall–Kier alpha value is -2.43. The van der Waals surface area contributed by atoms with Crippen molar-refractivity contribution in [3.63, 3.8) is 0 Å². The minimum Gasteiger partial charge on any atom is -0.508 e. The largest absolute Gasteiger partial charge is 0.508 e. The van der Waals surface area contributed by atoms with E-state index in [0.29, 0.717) is 11.1 Å². The number of hydrogen-bond donors (Lipinski definition) is 1. The van der Waals surface area contributed by atoms with Gasteiger partial charge in [0.2, 0.25) is 0 Å². The number of aromatic hydroxyl groups is 1. The van der Waals surface area contributed by atoms with Gasteiger partial charge in [-0.25, -0.2) is 0 Å². The second-order valence-electron chi connectivity index (χ2n) is 3.53. The van der Waals surface area contributed by atoms with Crippen LogP contribution in [-0.4, -0.2) is 5.11 Å².